The molecule has 12 atom stereocenters. The molecule has 27 heteroatoms. The maximum Gasteiger partial charge on any atom is 0.305 e. The number of rotatable bonds is 29. The highest BCUT2D eigenvalue weighted by Crippen LogP contribution is 2.28. The van der Waals surface area contributed by atoms with Crippen LogP contribution in [0.2, 0.25) is 0 Å². The summed E-state index contributed by atoms with van der Waals surface area (Å²) in [4.78, 5) is 162. The number of nitrogens with zero attached hydrogens (tertiary/aromatic N) is 4. The molecule has 0 spiro atoms. The Balaban J connectivity index is 1.18. The zero-order valence-electron chi connectivity index (χ0n) is 48.0. The molecule has 4 heterocycles. The number of nitrogens with two attached hydrogens (primary N) is 1. The molecule has 0 aromatic carbocycles. The van der Waals surface area contributed by atoms with Crippen LogP contribution in [0.5, 0.6) is 0 Å². The number of thioether (sulfide) groups is 3. The standard InChI is InChI=1S/C53H87N11O13S3/c1-28(2)43(45(54)69)59-50(74)40-18-14-22-64(40)53(77)44(29(3)4)60-48(72)34(9)79-25-36-15-11-19-61(36)41(66)24-55-46(70)32(7)78-26-37-16-12-20-62(37)51(75)30(5)56-47(71)33(8)80-27-38-17-13-21-63(38)52(76)31(6)57-49(73)39(23-42(67)68)58-35(10)65/h28-34,36-40,43-44H,11-27H2,1-10H3,(H2,54,69)(H,55,70)(H,56,71)(H,57,73)(H,58,65)(H,59,74)(H,60,72)(H,67,68)/t30-,31-,32-,33-,34-,36-,37-,38-,39-,40-,43-,44-/m0/s1. The van der Waals surface area contributed by atoms with Gasteiger partial charge in [0.1, 0.15) is 36.3 Å². The normalized spacial score (nSPS) is 22.1. The summed E-state index contributed by atoms with van der Waals surface area (Å²) in [6.45, 7) is 18.2. The molecule has 0 radical (unpaired) electrons. The maximum absolute atomic E-state index is 13.9. The first-order valence-corrected chi connectivity index (χ1v) is 31.1. The van der Waals surface area contributed by atoms with Gasteiger partial charge in [-0.05, 0) is 97.8 Å². The van der Waals surface area contributed by atoms with Crippen molar-refractivity contribution in [1.29, 1.82) is 0 Å². The van der Waals surface area contributed by atoms with Crippen molar-refractivity contribution in [3.8, 4) is 0 Å². The molecule has 4 saturated heterocycles. The van der Waals surface area contributed by atoms with Gasteiger partial charge >= 0.3 is 5.97 Å². The molecule has 4 aliphatic rings. The lowest BCUT2D eigenvalue weighted by Crippen LogP contribution is -2.58. The predicted molar refractivity (Wildman–Crippen MR) is 306 cm³/mol. The Morgan fingerprint density at radius 2 is 0.938 bits per heavy atom. The quantitative estimate of drug-likeness (QED) is 0.0496. The van der Waals surface area contributed by atoms with E-state index in [-0.39, 0.29) is 77.9 Å². The lowest BCUT2D eigenvalue weighted by atomic mass is 10.0. The van der Waals surface area contributed by atoms with Crippen molar-refractivity contribution in [2.24, 2.45) is 17.6 Å². The average Bonchev–Trinajstić information content (AvgIpc) is 4.29. The lowest BCUT2D eigenvalue weighted by molar-refractivity contribution is -0.143. The summed E-state index contributed by atoms with van der Waals surface area (Å²) >= 11 is 4.08. The van der Waals surface area contributed by atoms with Crippen LogP contribution in [0, 0.1) is 11.8 Å². The summed E-state index contributed by atoms with van der Waals surface area (Å²) in [7, 11) is 0. The molecule has 4 aliphatic heterocycles. The van der Waals surface area contributed by atoms with Gasteiger partial charge in [0.2, 0.25) is 65.0 Å². The van der Waals surface area contributed by atoms with Crippen LogP contribution >= 0.6 is 35.3 Å². The maximum atomic E-state index is 13.9. The zero-order chi connectivity index (χ0) is 59.7. The van der Waals surface area contributed by atoms with E-state index in [1.807, 2.05) is 13.8 Å². The molecule has 0 aliphatic carbocycles. The summed E-state index contributed by atoms with van der Waals surface area (Å²) in [5.41, 5.74) is 5.51. The molecule has 80 heavy (non-hydrogen) atoms. The largest absolute Gasteiger partial charge is 0.481 e. The van der Waals surface area contributed by atoms with Gasteiger partial charge in [-0.2, -0.15) is 0 Å². The SMILES string of the molecule is CC(=O)N[C@@H](CC(=O)O)C(=O)N[C@@H](C)C(=O)N1CCC[C@H]1CS[C@@H](C)C(=O)N[C@@H](C)C(=O)N1CCC[C@H]1CS[C@@H](C)C(=O)NCC(=O)N1CCC[C@H]1CS[C@@H](C)C(=O)N[C@H](C(=O)N1CCC[C@H]1C(=O)N[C@H](C(N)=O)C(C)C)C(C)C. The summed E-state index contributed by atoms with van der Waals surface area (Å²) in [6.07, 6.45) is 4.71. The van der Waals surface area contributed by atoms with Gasteiger partial charge in [0.25, 0.3) is 0 Å². The molecule has 0 bridgehead atoms. The summed E-state index contributed by atoms with van der Waals surface area (Å²) in [5.74, 6) is -5.21. The lowest BCUT2D eigenvalue weighted by Gasteiger charge is -2.32. The fraction of sp³-hybridized carbons (Fsp3) is 0.774. The van der Waals surface area contributed by atoms with Crippen LogP contribution < -0.4 is 37.6 Å². The molecule has 0 aromatic rings. The van der Waals surface area contributed by atoms with Gasteiger partial charge in [0.05, 0.1) is 28.7 Å². The third kappa shape index (κ3) is 19.4. The molecule has 450 valence electrons. The second-order valence-electron chi connectivity index (χ2n) is 22.0. The number of carboxylic acids is 1. The van der Waals surface area contributed by atoms with Crippen molar-refractivity contribution in [1.82, 2.24) is 51.5 Å². The monoisotopic (exact) mass is 1180 g/mol. The number of carbonyl (C=O) groups is 12. The van der Waals surface area contributed by atoms with Gasteiger partial charge in [-0.25, -0.2) is 0 Å². The Bertz CT molecular complexity index is 2250. The van der Waals surface area contributed by atoms with Crippen LogP contribution in [0.15, 0.2) is 0 Å². The van der Waals surface area contributed by atoms with E-state index in [1.54, 1.807) is 56.2 Å². The van der Waals surface area contributed by atoms with Crippen LogP contribution in [0.3, 0.4) is 0 Å². The van der Waals surface area contributed by atoms with Crippen molar-refractivity contribution >= 4 is 106 Å². The minimum Gasteiger partial charge on any atom is -0.481 e. The van der Waals surface area contributed by atoms with Gasteiger partial charge in [-0.15, -0.1) is 35.3 Å². The van der Waals surface area contributed by atoms with Gasteiger partial charge in [0.15, 0.2) is 0 Å². The highest BCUT2D eigenvalue weighted by atomic mass is 32.2. The molecule has 0 aromatic heterocycles. The number of hydrogen-bond donors (Lipinski definition) is 8. The molecule has 11 amide bonds. The van der Waals surface area contributed by atoms with E-state index in [0.29, 0.717) is 69.1 Å². The minimum absolute atomic E-state index is 0.167. The van der Waals surface area contributed by atoms with E-state index in [2.05, 4.69) is 31.9 Å². The Labute approximate surface area is 482 Å². The highest BCUT2D eigenvalue weighted by molar-refractivity contribution is 8.01. The van der Waals surface area contributed by atoms with Crippen LogP contribution in [0.1, 0.15) is 127 Å². The van der Waals surface area contributed by atoms with Crippen molar-refractivity contribution < 1.29 is 62.6 Å². The number of primary amides is 1. The number of nitrogens with one attached hydrogen (secondary N) is 6. The Kier molecular flexibility index (Phi) is 26.7. The van der Waals surface area contributed by atoms with Crippen LogP contribution in [-0.4, -0.2) is 216 Å². The van der Waals surface area contributed by atoms with Crippen molar-refractivity contribution in [2.75, 3.05) is 50.0 Å². The van der Waals surface area contributed by atoms with Crippen molar-refractivity contribution in [2.45, 2.75) is 197 Å². The smallest absolute Gasteiger partial charge is 0.305 e. The number of likely N-dealkylation sites (tertiary alicyclic amines) is 4. The number of aliphatic carboxylic acids is 1. The van der Waals surface area contributed by atoms with Gasteiger partial charge in [-0.1, -0.05) is 27.7 Å². The van der Waals surface area contributed by atoms with E-state index < -0.39 is 88.0 Å². The van der Waals surface area contributed by atoms with Gasteiger partial charge in [0, 0.05) is 68.5 Å². The van der Waals surface area contributed by atoms with E-state index in [0.717, 1.165) is 32.6 Å². The molecule has 4 rings (SSSR count). The third-order valence-corrected chi connectivity index (χ3v) is 18.9. The second-order valence-corrected chi connectivity index (χ2v) is 26.2. The Morgan fingerprint density at radius 1 is 0.512 bits per heavy atom. The van der Waals surface area contributed by atoms with E-state index >= 15 is 0 Å². The van der Waals surface area contributed by atoms with E-state index in [9.17, 15) is 62.6 Å². The molecule has 4 fully saturated rings. The fourth-order valence-electron chi connectivity index (χ4n) is 10.3. The second kappa shape index (κ2) is 31.8. The first kappa shape index (κ1) is 67.2. The molecule has 0 unspecified atom stereocenters. The molecule has 0 saturated carbocycles. The van der Waals surface area contributed by atoms with Gasteiger partial charge in [-0.3, -0.25) is 57.5 Å². The van der Waals surface area contributed by atoms with E-state index in [1.165, 1.54) is 47.1 Å². The van der Waals surface area contributed by atoms with Crippen LogP contribution in [0.25, 0.3) is 0 Å². The summed E-state index contributed by atoms with van der Waals surface area (Å²) < 4.78 is 0. The fourth-order valence-corrected chi connectivity index (χ4v) is 13.6. The molecular weight excluding hydrogens is 1090 g/mol. The minimum atomic E-state index is -1.34. The van der Waals surface area contributed by atoms with Crippen molar-refractivity contribution in [3.05, 3.63) is 0 Å². The van der Waals surface area contributed by atoms with E-state index in [4.69, 9.17) is 5.73 Å². The van der Waals surface area contributed by atoms with Crippen LogP contribution in [0.4, 0.5) is 0 Å². The average molecular weight is 1180 g/mol. The Morgan fingerprint density at radius 3 is 1.40 bits per heavy atom. The summed E-state index contributed by atoms with van der Waals surface area (Å²) in [6, 6.07) is -6.31. The first-order chi connectivity index (χ1) is 37.6. The topological polar surface area (TPSA) is 336 Å². The van der Waals surface area contributed by atoms with Crippen molar-refractivity contribution in [3.63, 3.8) is 0 Å². The number of amides is 11. The van der Waals surface area contributed by atoms with Gasteiger partial charge < -0.3 is 62.3 Å². The Hall–Kier alpha value is -5.31. The number of carbonyl (C=O) groups excluding carboxylic acids is 11. The highest BCUT2D eigenvalue weighted by Gasteiger charge is 2.41. The van der Waals surface area contributed by atoms with Crippen LogP contribution in [-0.2, 0) is 57.5 Å². The summed E-state index contributed by atoms with van der Waals surface area (Å²) in [5, 5.41) is 23.6. The number of carboxylic acid groups (broad SMARTS) is 1. The molecular formula is C53H87N11O13S3. The zero-order valence-corrected chi connectivity index (χ0v) is 50.5. The molecule has 9 N–H and O–H groups in total. The molecule has 24 nitrogen and oxygen atoms in total. The third-order valence-electron chi connectivity index (χ3n) is 15.0. The number of hydrogen-bond acceptors (Lipinski definition) is 15. The first-order valence-electron chi connectivity index (χ1n) is 28.0. The predicted octanol–water partition coefficient (Wildman–Crippen LogP) is 0.187.